The number of ether oxygens (including phenoxy) is 5. The van der Waals surface area contributed by atoms with Crippen molar-refractivity contribution in [1.82, 2.24) is 0 Å². The van der Waals surface area contributed by atoms with Crippen molar-refractivity contribution in [3.63, 3.8) is 0 Å². The van der Waals surface area contributed by atoms with Crippen LogP contribution in [0.2, 0.25) is 0 Å². The molecule has 0 bridgehead atoms. The first-order valence-corrected chi connectivity index (χ1v) is 18.4. The van der Waals surface area contributed by atoms with Crippen LogP contribution in [-0.4, -0.2) is 6.61 Å². The molecule has 7 aromatic rings. The molecule has 0 aliphatic carbocycles. The molecular weight excluding hydrogens is 657 g/mol. The maximum absolute atomic E-state index is 6.48. The Morgan fingerprint density at radius 2 is 0.849 bits per heavy atom. The maximum Gasteiger partial charge on any atom is 0.123 e. The second-order valence-corrected chi connectivity index (χ2v) is 13.6. The predicted molar refractivity (Wildman–Crippen MR) is 214 cm³/mol. The van der Waals surface area contributed by atoms with Gasteiger partial charge in [0.2, 0.25) is 0 Å². The highest BCUT2D eigenvalue weighted by molar-refractivity contribution is 6.02. The summed E-state index contributed by atoms with van der Waals surface area (Å²) in [4.78, 5) is 0. The Bertz CT molecular complexity index is 2120. The highest BCUT2D eigenvalue weighted by Gasteiger charge is 2.12. The van der Waals surface area contributed by atoms with E-state index in [9.17, 15) is 0 Å². The second kappa shape index (κ2) is 17.6. The summed E-state index contributed by atoms with van der Waals surface area (Å²) in [7, 11) is 0. The van der Waals surface area contributed by atoms with Crippen molar-refractivity contribution in [2.75, 3.05) is 6.61 Å². The number of rotatable bonds is 17. The first-order valence-electron chi connectivity index (χ1n) is 18.4. The molecule has 7 aromatic carbocycles. The van der Waals surface area contributed by atoms with Crippen LogP contribution >= 0.6 is 0 Å². The van der Waals surface area contributed by atoms with E-state index in [-0.39, 0.29) is 0 Å². The van der Waals surface area contributed by atoms with Crippen molar-refractivity contribution < 1.29 is 23.7 Å². The van der Waals surface area contributed by atoms with Crippen LogP contribution in [0.15, 0.2) is 152 Å². The van der Waals surface area contributed by atoms with E-state index in [2.05, 4.69) is 98.8 Å². The highest BCUT2D eigenvalue weighted by atomic mass is 16.5. The average molecular weight is 703 g/mol. The van der Waals surface area contributed by atoms with Gasteiger partial charge in [0.15, 0.2) is 0 Å². The minimum absolute atomic E-state index is 0.321. The Labute approximate surface area is 312 Å². The van der Waals surface area contributed by atoms with Crippen LogP contribution in [0.5, 0.6) is 23.0 Å². The monoisotopic (exact) mass is 702 g/mol. The van der Waals surface area contributed by atoms with Crippen molar-refractivity contribution in [3.05, 3.63) is 179 Å². The van der Waals surface area contributed by atoms with E-state index in [4.69, 9.17) is 23.7 Å². The summed E-state index contributed by atoms with van der Waals surface area (Å²) in [5.74, 6) is 3.36. The van der Waals surface area contributed by atoms with Crippen molar-refractivity contribution in [2.24, 2.45) is 5.92 Å². The lowest BCUT2D eigenvalue weighted by atomic mass is 9.97. The molecule has 0 heterocycles. The third kappa shape index (κ3) is 9.76. The standard InChI is InChI=1S/C48H46O5/c1-3-35(2)29-50-42-22-38(30-49-34-48-46-20-12-10-18-40(46)26-41-19-11-13-21-47(41)48)23-43(27-42)53-33-39-24-44(51-31-36-14-6-4-7-15-36)28-45(25-39)52-32-37-16-8-5-9-17-37/h4-28,35H,3,29-34H2,1-2H3/t35-/m0/s1. The van der Waals surface area contributed by atoms with E-state index >= 15 is 0 Å². The van der Waals surface area contributed by atoms with Gasteiger partial charge in [0.05, 0.1) is 19.8 Å². The van der Waals surface area contributed by atoms with E-state index in [1.54, 1.807) is 0 Å². The van der Waals surface area contributed by atoms with Gasteiger partial charge in [0, 0.05) is 12.1 Å². The van der Waals surface area contributed by atoms with E-state index in [1.807, 2.05) is 66.7 Å². The van der Waals surface area contributed by atoms with Gasteiger partial charge in [-0.3, -0.25) is 0 Å². The molecular formula is C48H46O5. The molecule has 1 atom stereocenters. The molecule has 0 amide bonds. The first-order chi connectivity index (χ1) is 26.1. The lowest BCUT2D eigenvalue weighted by Gasteiger charge is -2.16. The topological polar surface area (TPSA) is 46.2 Å². The van der Waals surface area contributed by atoms with E-state index in [0.717, 1.165) is 45.9 Å². The quantitative estimate of drug-likeness (QED) is 0.0884. The zero-order chi connectivity index (χ0) is 36.2. The van der Waals surface area contributed by atoms with Crippen LogP contribution in [-0.2, 0) is 37.8 Å². The molecule has 53 heavy (non-hydrogen) atoms. The molecule has 0 saturated heterocycles. The van der Waals surface area contributed by atoms with Crippen LogP contribution in [0.1, 0.15) is 48.1 Å². The summed E-state index contributed by atoms with van der Waals surface area (Å²) >= 11 is 0. The minimum Gasteiger partial charge on any atom is -0.493 e. The van der Waals surface area contributed by atoms with Gasteiger partial charge in [-0.05, 0) is 85.6 Å². The molecule has 0 radical (unpaired) electrons. The summed E-state index contributed by atoms with van der Waals surface area (Å²) in [6.45, 7) is 7.13. The van der Waals surface area contributed by atoms with Crippen LogP contribution in [0.4, 0.5) is 0 Å². The third-order valence-electron chi connectivity index (χ3n) is 9.41. The van der Waals surface area contributed by atoms with Gasteiger partial charge >= 0.3 is 0 Å². The molecule has 5 heteroatoms. The SMILES string of the molecule is CC[C@H](C)COc1cc(COCc2c3ccccc3cc3ccccc23)cc(OCc2cc(OCc3ccccc3)cc(OCc3ccccc3)c2)c1. The molecule has 0 spiro atoms. The zero-order valence-electron chi connectivity index (χ0n) is 30.5. The van der Waals surface area contributed by atoms with Gasteiger partial charge < -0.3 is 23.7 Å². The van der Waals surface area contributed by atoms with E-state index in [1.165, 1.54) is 27.1 Å². The molecule has 0 fully saturated rings. The van der Waals surface area contributed by atoms with Gasteiger partial charge in [-0.25, -0.2) is 0 Å². The number of hydrogen-bond donors (Lipinski definition) is 0. The van der Waals surface area contributed by atoms with Gasteiger partial charge in [-0.15, -0.1) is 0 Å². The van der Waals surface area contributed by atoms with Gasteiger partial charge in [-0.2, -0.15) is 0 Å². The Kier molecular flexibility index (Phi) is 11.8. The molecule has 0 saturated carbocycles. The van der Waals surface area contributed by atoms with Crippen molar-refractivity contribution in [3.8, 4) is 23.0 Å². The zero-order valence-corrected chi connectivity index (χ0v) is 30.5. The second-order valence-electron chi connectivity index (χ2n) is 13.6. The minimum atomic E-state index is 0.321. The average Bonchev–Trinajstić information content (AvgIpc) is 3.21. The number of benzene rings is 7. The van der Waals surface area contributed by atoms with Crippen molar-refractivity contribution >= 4 is 21.5 Å². The Hall–Kier alpha value is -5.78. The predicted octanol–water partition coefficient (Wildman–Crippen LogP) is 11.9. The normalized spacial score (nSPS) is 11.7. The lowest BCUT2D eigenvalue weighted by Crippen LogP contribution is -2.08. The fraction of sp³-hybridized carbons (Fsp3) is 0.208. The Morgan fingerprint density at radius 1 is 0.415 bits per heavy atom. The maximum atomic E-state index is 6.48. The summed E-state index contributed by atoms with van der Waals surface area (Å²) < 4.78 is 31.7. The van der Waals surface area contributed by atoms with Crippen LogP contribution in [0.3, 0.4) is 0 Å². The van der Waals surface area contributed by atoms with E-state index in [0.29, 0.717) is 51.3 Å². The fourth-order valence-electron chi connectivity index (χ4n) is 6.30. The number of fused-ring (bicyclic) bond motifs is 2. The molecule has 0 N–H and O–H groups in total. The molecule has 268 valence electrons. The molecule has 0 unspecified atom stereocenters. The third-order valence-corrected chi connectivity index (χ3v) is 9.41. The Balaban J connectivity index is 1.09. The first kappa shape index (κ1) is 35.6. The summed E-state index contributed by atoms with van der Waals surface area (Å²) in [6, 6.07) is 51.6. The highest BCUT2D eigenvalue weighted by Crippen LogP contribution is 2.31. The lowest BCUT2D eigenvalue weighted by molar-refractivity contribution is 0.108. The van der Waals surface area contributed by atoms with Gasteiger partial charge in [0.25, 0.3) is 0 Å². The molecule has 5 nitrogen and oxygen atoms in total. The molecule has 0 aromatic heterocycles. The van der Waals surface area contributed by atoms with Gasteiger partial charge in [0.1, 0.15) is 42.8 Å². The van der Waals surface area contributed by atoms with E-state index < -0.39 is 0 Å². The smallest absolute Gasteiger partial charge is 0.123 e. The summed E-state index contributed by atoms with van der Waals surface area (Å²) in [6.07, 6.45) is 1.04. The van der Waals surface area contributed by atoms with Crippen molar-refractivity contribution in [1.29, 1.82) is 0 Å². The summed E-state index contributed by atoms with van der Waals surface area (Å²) in [5, 5.41) is 4.85. The molecule has 0 aliphatic rings. The Morgan fingerprint density at radius 3 is 1.36 bits per heavy atom. The van der Waals surface area contributed by atoms with Crippen LogP contribution in [0, 0.1) is 5.92 Å². The van der Waals surface area contributed by atoms with Crippen LogP contribution in [0.25, 0.3) is 21.5 Å². The summed E-state index contributed by atoms with van der Waals surface area (Å²) in [5.41, 5.74) is 5.30. The number of hydrogen-bond acceptors (Lipinski definition) is 5. The fourth-order valence-corrected chi connectivity index (χ4v) is 6.30. The van der Waals surface area contributed by atoms with Crippen molar-refractivity contribution in [2.45, 2.75) is 53.3 Å². The largest absolute Gasteiger partial charge is 0.493 e. The molecule has 7 rings (SSSR count). The molecule has 0 aliphatic heterocycles. The van der Waals surface area contributed by atoms with Crippen LogP contribution < -0.4 is 18.9 Å². The van der Waals surface area contributed by atoms with Gasteiger partial charge in [-0.1, -0.05) is 129 Å².